The molecule has 0 spiro atoms. The first-order valence-corrected chi connectivity index (χ1v) is 12.0. The van der Waals surface area contributed by atoms with E-state index in [2.05, 4.69) is 15.3 Å². The van der Waals surface area contributed by atoms with Crippen LogP contribution in [0.4, 0.5) is 10.5 Å². The van der Waals surface area contributed by atoms with Gasteiger partial charge in [0.25, 0.3) is 0 Å². The lowest BCUT2D eigenvalue weighted by Gasteiger charge is -2.38. The maximum Gasteiger partial charge on any atom is 0.325 e. The molecule has 10 heteroatoms. The zero-order valence-electron chi connectivity index (χ0n) is 21.6. The Morgan fingerprint density at radius 2 is 1.28 bits per heavy atom. The first-order chi connectivity index (χ1) is 18.9. The molecule has 0 aliphatic heterocycles. The number of hydrogen-bond acceptors (Lipinski definition) is 7. The predicted molar refractivity (Wildman–Crippen MR) is 144 cm³/mol. The van der Waals surface area contributed by atoms with E-state index in [1.54, 1.807) is 92.0 Å². The monoisotopic (exact) mass is 528 g/mol. The molecule has 0 aliphatic rings. The normalized spacial score (nSPS) is 11.7. The van der Waals surface area contributed by atoms with Crippen LogP contribution in [0, 0.1) is 0 Å². The van der Waals surface area contributed by atoms with Crippen molar-refractivity contribution < 1.29 is 28.9 Å². The van der Waals surface area contributed by atoms with Crippen molar-refractivity contribution in [1.29, 1.82) is 0 Å². The number of rotatable bonds is 10. The number of methoxy groups -OCH3 is 2. The summed E-state index contributed by atoms with van der Waals surface area (Å²) in [5.74, 6) is -1.00. The topological polar surface area (TPSA) is 123 Å². The van der Waals surface area contributed by atoms with E-state index in [9.17, 15) is 14.7 Å². The Kier molecular flexibility index (Phi) is 8.25. The fourth-order valence-corrected chi connectivity index (χ4v) is 4.19. The van der Waals surface area contributed by atoms with Crippen molar-refractivity contribution in [3.8, 4) is 17.8 Å². The van der Waals surface area contributed by atoms with E-state index in [-0.39, 0.29) is 17.8 Å². The quantitative estimate of drug-likeness (QED) is 0.295. The number of anilines is 1. The number of carbonyl (C=O) groups excluding carboxylic acids is 1. The molecule has 39 heavy (non-hydrogen) atoms. The average molecular weight is 529 g/mol. The number of ether oxygens (including phenoxy) is 3. The highest BCUT2D eigenvalue weighted by Crippen LogP contribution is 2.38. The molecule has 1 aromatic heterocycles. The third-order valence-electron chi connectivity index (χ3n) is 6.19. The van der Waals surface area contributed by atoms with Gasteiger partial charge in [-0.15, -0.1) is 0 Å². The molecule has 3 aromatic carbocycles. The molecule has 0 bridgehead atoms. The van der Waals surface area contributed by atoms with Gasteiger partial charge in [0, 0.05) is 12.7 Å². The van der Waals surface area contributed by atoms with Crippen molar-refractivity contribution in [3.63, 3.8) is 0 Å². The Bertz CT molecular complexity index is 1340. The van der Waals surface area contributed by atoms with Crippen LogP contribution >= 0.6 is 0 Å². The number of hydrogen-bond donors (Lipinski definition) is 2. The van der Waals surface area contributed by atoms with Crippen LogP contribution in [-0.4, -0.2) is 54.6 Å². The van der Waals surface area contributed by atoms with Crippen molar-refractivity contribution in [2.24, 2.45) is 0 Å². The highest BCUT2D eigenvalue weighted by atomic mass is 16.5. The van der Waals surface area contributed by atoms with Crippen LogP contribution in [0.25, 0.3) is 0 Å². The molecule has 1 atom stereocenters. The molecular weight excluding hydrogens is 500 g/mol. The number of amides is 2. The Hall–Kier alpha value is -5.12. The minimum atomic E-state index is -1.92. The SMILES string of the molecule is COc1cc(OC)nc(O[C@@H](NC(=O)N(C)c2ccccc2)C(C(=O)O)(c2ccccc2)c2ccccc2)n1. The molecule has 10 nitrogen and oxygen atoms in total. The highest BCUT2D eigenvalue weighted by molar-refractivity contribution is 5.93. The summed E-state index contributed by atoms with van der Waals surface area (Å²) in [4.78, 5) is 36.7. The number of aromatic nitrogens is 2. The van der Waals surface area contributed by atoms with Crippen LogP contribution < -0.4 is 24.4 Å². The fraction of sp³-hybridized carbons (Fsp3) is 0.172. The van der Waals surface area contributed by atoms with Gasteiger partial charge in [-0.2, -0.15) is 9.97 Å². The lowest BCUT2D eigenvalue weighted by molar-refractivity contribution is -0.146. The van der Waals surface area contributed by atoms with E-state index in [0.717, 1.165) is 0 Å². The number of nitrogens with one attached hydrogen (secondary N) is 1. The minimum absolute atomic E-state index is 0.128. The number of aliphatic carboxylic acids is 1. The number of carboxylic acid groups (broad SMARTS) is 1. The van der Waals surface area contributed by atoms with Crippen LogP contribution in [0.15, 0.2) is 97.1 Å². The zero-order valence-corrected chi connectivity index (χ0v) is 21.6. The maximum atomic E-state index is 13.6. The second-order valence-corrected chi connectivity index (χ2v) is 8.42. The number of urea groups is 1. The van der Waals surface area contributed by atoms with Crippen LogP contribution in [0.3, 0.4) is 0 Å². The smallest absolute Gasteiger partial charge is 0.325 e. The molecule has 0 saturated carbocycles. The largest absolute Gasteiger partial charge is 0.481 e. The summed E-state index contributed by atoms with van der Waals surface area (Å²) in [5.41, 5.74) is -0.596. The van der Waals surface area contributed by atoms with Gasteiger partial charge < -0.3 is 24.6 Å². The van der Waals surface area contributed by atoms with Crippen molar-refractivity contribution in [1.82, 2.24) is 15.3 Å². The number of para-hydroxylation sites is 1. The summed E-state index contributed by atoms with van der Waals surface area (Å²) in [6, 6.07) is 26.6. The summed E-state index contributed by atoms with van der Waals surface area (Å²) in [6.07, 6.45) is -1.53. The Morgan fingerprint density at radius 1 is 0.821 bits per heavy atom. The van der Waals surface area contributed by atoms with Gasteiger partial charge in [0.05, 0.1) is 20.3 Å². The van der Waals surface area contributed by atoms with E-state index in [0.29, 0.717) is 16.8 Å². The van der Waals surface area contributed by atoms with Gasteiger partial charge >= 0.3 is 18.0 Å². The first-order valence-electron chi connectivity index (χ1n) is 12.0. The molecule has 0 aliphatic carbocycles. The third-order valence-corrected chi connectivity index (χ3v) is 6.19. The Labute approximate surface area is 225 Å². The van der Waals surface area contributed by atoms with Crippen LogP contribution in [0.1, 0.15) is 11.1 Å². The van der Waals surface area contributed by atoms with E-state index in [1.807, 2.05) is 6.07 Å². The van der Waals surface area contributed by atoms with E-state index >= 15 is 0 Å². The number of nitrogens with zero attached hydrogens (tertiary/aromatic N) is 3. The van der Waals surface area contributed by atoms with E-state index in [1.165, 1.54) is 25.2 Å². The summed E-state index contributed by atoms with van der Waals surface area (Å²) in [7, 11) is 4.39. The van der Waals surface area contributed by atoms with E-state index < -0.39 is 23.6 Å². The molecule has 0 unspecified atom stereocenters. The summed E-state index contributed by atoms with van der Waals surface area (Å²) in [5, 5.41) is 13.7. The Morgan fingerprint density at radius 3 is 1.72 bits per heavy atom. The number of carbonyl (C=O) groups is 2. The van der Waals surface area contributed by atoms with Crippen molar-refractivity contribution in [3.05, 3.63) is 108 Å². The predicted octanol–water partition coefficient (Wildman–Crippen LogP) is 4.12. The molecule has 2 N–H and O–H groups in total. The lowest BCUT2D eigenvalue weighted by atomic mass is 9.72. The van der Waals surface area contributed by atoms with Crippen LogP contribution in [-0.2, 0) is 10.2 Å². The first kappa shape index (κ1) is 26.9. The van der Waals surface area contributed by atoms with Gasteiger partial charge in [0.2, 0.25) is 18.0 Å². The van der Waals surface area contributed by atoms with Gasteiger partial charge in [-0.25, -0.2) is 4.79 Å². The molecular formula is C29H28N4O6. The number of carboxylic acids is 1. The Balaban J connectivity index is 1.90. The lowest BCUT2D eigenvalue weighted by Crippen LogP contribution is -2.60. The van der Waals surface area contributed by atoms with Gasteiger partial charge in [0.1, 0.15) is 0 Å². The molecule has 0 fully saturated rings. The number of benzene rings is 3. The summed E-state index contributed by atoms with van der Waals surface area (Å²) >= 11 is 0. The van der Waals surface area contributed by atoms with Gasteiger partial charge in [0.15, 0.2) is 5.41 Å². The van der Waals surface area contributed by atoms with Gasteiger partial charge in [-0.1, -0.05) is 78.9 Å². The molecule has 0 radical (unpaired) electrons. The standard InChI is InChI=1S/C29H28N4O6/c1-33(22-17-11-6-12-18-22)28(36)32-25(39-27-30-23(37-2)19-24(31-27)38-3)29(26(34)35,20-13-7-4-8-14-20)21-15-9-5-10-16-21/h4-19,25H,1-3H3,(H,32,36)(H,34,35)/t25-/m1/s1. The van der Waals surface area contributed by atoms with Crippen molar-refractivity contribution >= 4 is 17.7 Å². The molecule has 4 rings (SSSR count). The van der Waals surface area contributed by atoms with Crippen molar-refractivity contribution in [2.75, 3.05) is 26.2 Å². The van der Waals surface area contributed by atoms with Crippen LogP contribution in [0.5, 0.6) is 17.8 Å². The fourth-order valence-electron chi connectivity index (χ4n) is 4.19. The summed E-state index contributed by atoms with van der Waals surface area (Å²) in [6.45, 7) is 0. The van der Waals surface area contributed by atoms with Crippen molar-refractivity contribution in [2.45, 2.75) is 11.6 Å². The van der Waals surface area contributed by atoms with Gasteiger partial charge in [-0.3, -0.25) is 9.69 Å². The molecule has 4 aromatic rings. The molecule has 200 valence electrons. The third kappa shape index (κ3) is 5.59. The van der Waals surface area contributed by atoms with Crippen LogP contribution in [0.2, 0.25) is 0 Å². The zero-order chi connectivity index (χ0) is 27.8. The van der Waals surface area contributed by atoms with Gasteiger partial charge in [-0.05, 0) is 23.3 Å². The highest BCUT2D eigenvalue weighted by Gasteiger charge is 2.52. The summed E-state index contributed by atoms with van der Waals surface area (Å²) < 4.78 is 16.6. The maximum absolute atomic E-state index is 13.6. The molecule has 1 heterocycles. The molecule has 0 saturated heterocycles. The second-order valence-electron chi connectivity index (χ2n) is 8.42. The minimum Gasteiger partial charge on any atom is -0.481 e. The average Bonchev–Trinajstić information content (AvgIpc) is 2.98. The second kappa shape index (κ2) is 12.0. The molecule has 2 amide bonds. The van der Waals surface area contributed by atoms with E-state index in [4.69, 9.17) is 14.2 Å².